The number of aryl methyl sites for hydroxylation is 2. The second kappa shape index (κ2) is 7.59. The molecular formula is C19H24N2O4. The normalized spacial score (nSPS) is 14.8. The number of benzene rings is 1. The molecule has 0 unspecified atom stereocenters. The van der Waals surface area contributed by atoms with Crippen molar-refractivity contribution in [2.24, 2.45) is 5.92 Å². The van der Waals surface area contributed by atoms with Gasteiger partial charge in [0.15, 0.2) is 5.78 Å². The molecule has 1 saturated heterocycles. The Labute approximate surface area is 147 Å². The standard InChI is InChI=1S/C19H24N2O4/c1-5-13-7-8-14(6-2)15(9-13)16(22)11-21-18(24)17(23)20(19(21)25)10-12(3)4/h7-9,12H,5-6,10-11H2,1-4H3. The van der Waals surface area contributed by atoms with Crippen LogP contribution in [0.2, 0.25) is 0 Å². The summed E-state index contributed by atoms with van der Waals surface area (Å²) in [5.41, 5.74) is 2.39. The molecule has 0 aromatic heterocycles. The second-order valence-electron chi connectivity index (χ2n) is 6.61. The molecule has 0 spiro atoms. The average Bonchev–Trinajstić information content (AvgIpc) is 2.78. The third kappa shape index (κ3) is 3.78. The van der Waals surface area contributed by atoms with E-state index in [-0.39, 0.29) is 18.2 Å². The molecule has 134 valence electrons. The number of ketones is 1. The van der Waals surface area contributed by atoms with E-state index in [0.29, 0.717) is 12.0 Å². The van der Waals surface area contributed by atoms with Crippen LogP contribution in [0.15, 0.2) is 18.2 Å². The van der Waals surface area contributed by atoms with Crippen LogP contribution in [0.5, 0.6) is 0 Å². The Morgan fingerprint density at radius 1 is 1.00 bits per heavy atom. The largest absolute Gasteiger partial charge is 0.334 e. The monoisotopic (exact) mass is 344 g/mol. The Balaban J connectivity index is 2.24. The molecule has 2 rings (SSSR count). The Kier molecular flexibility index (Phi) is 5.72. The van der Waals surface area contributed by atoms with E-state index in [1.807, 2.05) is 39.8 Å². The lowest BCUT2D eigenvalue weighted by Crippen LogP contribution is -2.38. The van der Waals surface area contributed by atoms with Crippen LogP contribution in [0, 0.1) is 5.92 Å². The SMILES string of the molecule is CCc1ccc(CC)c(C(=O)CN2C(=O)C(=O)N(CC(C)C)C2=O)c1. The Hall–Kier alpha value is -2.50. The van der Waals surface area contributed by atoms with Crippen molar-refractivity contribution in [3.63, 3.8) is 0 Å². The highest BCUT2D eigenvalue weighted by atomic mass is 16.2. The van der Waals surface area contributed by atoms with Gasteiger partial charge in [0.05, 0.1) is 6.54 Å². The molecule has 1 heterocycles. The van der Waals surface area contributed by atoms with Gasteiger partial charge in [-0.3, -0.25) is 19.3 Å². The number of amides is 4. The third-order valence-electron chi connectivity index (χ3n) is 4.25. The van der Waals surface area contributed by atoms with E-state index in [4.69, 9.17) is 0 Å². The van der Waals surface area contributed by atoms with E-state index < -0.39 is 24.4 Å². The lowest BCUT2D eigenvalue weighted by molar-refractivity contribution is -0.143. The molecule has 1 fully saturated rings. The van der Waals surface area contributed by atoms with Crippen molar-refractivity contribution < 1.29 is 19.2 Å². The fourth-order valence-corrected chi connectivity index (χ4v) is 2.86. The second-order valence-corrected chi connectivity index (χ2v) is 6.61. The molecule has 0 N–H and O–H groups in total. The highest BCUT2D eigenvalue weighted by molar-refractivity contribution is 6.45. The summed E-state index contributed by atoms with van der Waals surface area (Å²) in [6.07, 6.45) is 1.46. The number of nitrogens with zero attached hydrogens (tertiary/aromatic N) is 2. The molecule has 1 aliphatic rings. The molecule has 0 bridgehead atoms. The summed E-state index contributed by atoms with van der Waals surface area (Å²) < 4.78 is 0. The number of imide groups is 2. The smallest absolute Gasteiger partial charge is 0.292 e. The predicted octanol–water partition coefficient (Wildman–Crippen LogP) is 2.44. The van der Waals surface area contributed by atoms with Crippen molar-refractivity contribution in [3.05, 3.63) is 34.9 Å². The number of Topliss-reactive ketones (excluding diaryl/α,β-unsaturated/α-hetero) is 1. The molecule has 0 aliphatic carbocycles. The minimum atomic E-state index is -0.927. The first-order valence-electron chi connectivity index (χ1n) is 8.62. The van der Waals surface area contributed by atoms with Crippen molar-refractivity contribution in [1.29, 1.82) is 0 Å². The van der Waals surface area contributed by atoms with Gasteiger partial charge in [-0.1, -0.05) is 39.8 Å². The number of carbonyl (C=O) groups excluding carboxylic acids is 4. The Morgan fingerprint density at radius 3 is 2.20 bits per heavy atom. The van der Waals surface area contributed by atoms with Gasteiger partial charge in [-0.25, -0.2) is 9.69 Å². The van der Waals surface area contributed by atoms with Crippen molar-refractivity contribution in [1.82, 2.24) is 9.80 Å². The first-order valence-corrected chi connectivity index (χ1v) is 8.62. The highest BCUT2D eigenvalue weighted by Crippen LogP contribution is 2.18. The number of hydrogen-bond acceptors (Lipinski definition) is 4. The maximum atomic E-state index is 12.7. The van der Waals surface area contributed by atoms with Crippen LogP contribution in [0.4, 0.5) is 4.79 Å². The van der Waals surface area contributed by atoms with Gasteiger partial charge in [0.2, 0.25) is 0 Å². The number of carbonyl (C=O) groups is 4. The Bertz CT molecular complexity index is 724. The summed E-state index contributed by atoms with van der Waals surface area (Å²) in [4.78, 5) is 50.9. The topological polar surface area (TPSA) is 74.8 Å². The molecule has 0 saturated carbocycles. The zero-order chi connectivity index (χ0) is 18.7. The molecular weight excluding hydrogens is 320 g/mol. The summed E-state index contributed by atoms with van der Waals surface area (Å²) in [5.74, 6) is -2.06. The summed E-state index contributed by atoms with van der Waals surface area (Å²) in [6.45, 7) is 7.39. The van der Waals surface area contributed by atoms with E-state index in [0.717, 1.165) is 27.3 Å². The third-order valence-corrected chi connectivity index (χ3v) is 4.25. The van der Waals surface area contributed by atoms with E-state index >= 15 is 0 Å². The van der Waals surface area contributed by atoms with Gasteiger partial charge in [0, 0.05) is 12.1 Å². The molecule has 4 amide bonds. The van der Waals surface area contributed by atoms with Crippen LogP contribution in [0.1, 0.15) is 49.2 Å². The first-order chi connectivity index (χ1) is 11.8. The molecule has 0 atom stereocenters. The first kappa shape index (κ1) is 18.8. The fourth-order valence-electron chi connectivity index (χ4n) is 2.86. The number of urea groups is 1. The number of rotatable bonds is 7. The van der Waals surface area contributed by atoms with Crippen LogP contribution in [-0.2, 0) is 22.4 Å². The van der Waals surface area contributed by atoms with Crippen molar-refractivity contribution >= 4 is 23.6 Å². The minimum Gasteiger partial charge on any atom is -0.292 e. The molecule has 6 heteroatoms. The number of hydrogen-bond donors (Lipinski definition) is 0. The quantitative estimate of drug-likeness (QED) is 0.432. The van der Waals surface area contributed by atoms with Gasteiger partial charge in [-0.05, 0) is 36.0 Å². The fraction of sp³-hybridized carbons (Fsp3) is 0.474. The van der Waals surface area contributed by atoms with Crippen LogP contribution < -0.4 is 0 Å². The van der Waals surface area contributed by atoms with Gasteiger partial charge < -0.3 is 0 Å². The molecule has 25 heavy (non-hydrogen) atoms. The van der Waals surface area contributed by atoms with E-state index in [2.05, 4.69) is 0 Å². The molecule has 1 aliphatic heterocycles. The lowest BCUT2D eigenvalue weighted by Gasteiger charge is -2.17. The summed E-state index contributed by atoms with van der Waals surface area (Å²) >= 11 is 0. The van der Waals surface area contributed by atoms with Gasteiger partial charge in [-0.15, -0.1) is 0 Å². The summed E-state index contributed by atoms with van der Waals surface area (Å²) in [5, 5.41) is 0. The van der Waals surface area contributed by atoms with Crippen LogP contribution in [-0.4, -0.2) is 46.5 Å². The summed E-state index contributed by atoms with van der Waals surface area (Å²) in [7, 11) is 0. The van der Waals surface area contributed by atoms with Crippen molar-refractivity contribution in [3.8, 4) is 0 Å². The zero-order valence-corrected chi connectivity index (χ0v) is 15.2. The van der Waals surface area contributed by atoms with Crippen molar-refractivity contribution in [2.75, 3.05) is 13.1 Å². The lowest BCUT2D eigenvalue weighted by atomic mass is 9.97. The van der Waals surface area contributed by atoms with Gasteiger partial charge >= 0.3 is 17.8 Å². The van der Waals surface area contributed by atoms with Gasteiger partial charge in [-0.2, -0.15) is 0 Å². The molecule has 0 radical (unpaired) electrons. The van der Waals surface area contributed by atoms with E-state index in [1.54, 1.807) is 6.07 Å². The summed E-state index contributed by atoms with van der Waals surface area (Å²) in [6, 6.07) is 4.97. The van der Waals surface area contributed by atoms with Gasteiger partial charge in [0.25, 0.3) is 0 Å². The Morgan fingerprint density at radius 2 is 1.64 bits per heavy atom. The van der Waals surface area contributed by atoms with E-state index in [9.17, 15) is 19.2 Å². The maximum Gasteiger partial charge on any atom is 0.334 e. The molecule has 1 aromatic carbocycles. The predicted molar refractivity (Wildman–Crippen MR) is 93.2 cm³/mol. The zero-order valence-electron chi connectivity index (χ0n) is 15.2. The van der Waals surface area contributed by atoms with Crippen LogP contribution >= 0.6 is 0 Å². The maximum absolute atomic E-state index is 12.7. The molecule has 1 aromatic rings. The van der Waals surface area contributed by atoms with E-state index in [1.165, 1.54) is 0 Å². The van der Waals surface area contributed by atoms with Crippen LogP contribution in [0.25, 0.3) is 0 Å². The van der Waals surface area contributed by atoms with Crippen LogP contribution in [0.3, 0.4) is 0 Å². The highest BCUT2D eigenvalue weighted by Gasteiger charge is 2.45. The van der Waals surface area contributed by atoms with Gasteiger partial charge in [0.1, 0.15) is 0 Å². The average molecular weight is 344 g/mol. The minimum absolute atomic E-state index is 0.0456. The molecule has 6 nitrogen and oxygen atoms in total. The van der Waals surface area contributed by atoms with Crippen molar-refractivity contribution in [2.45, 2.75) is 40.5 Å².